The normalized spacial score (nSPS) is 25.4. The monoisotopic (exact) mass is 669 g/mol. The van der Waals surface area contributed by atoms with E-state index in [0.717, 1.165) is 5.56 Å². The van der Waals surface area contributed by atoms with Gasteiger partial charge in [0.1, 0.15) is 24.6 Å². The van der Waals surface area contributed by atoms with E-state index in [2.05, 4.69) is 29.9 Å². The van der Waals surface area contributed by atoms with Gasteiger partial charge in [0.15, 0.2) is 37.1 Å². The lowest BCUT2D eigenvalue weighted by Gasteiger charge is -2.32. The van der Waals surface area contributed by atoms with Gasteiger partial charge in [0.05, 0.1) is 25.8 Å². The number of imidazole rings is 1. The third-order valence-corrected chi connectivity index (χ3v) is 9.43. The molecule has 0 radical (unpaired) electrons. The summed E-state index contributed by atoms with van der Waals surface area (Å²) in [7, 11) is -10.5. The minimum absolute atomic E-state index is 0.133. The smallest absolute Gasteiger partial charge is 0.320 e. The second-order valence-electron chi connectivity index (χ2n) is 9.83. The summed E-state index contributed by atoms with van der Waals surface area (Å²) in [5.74, 6) is -1.22. The number of urea groups is 1. The van der Waals surface area contributed by atoms with Gasteiger partial charge in [-0.25, -0.2) is 19.7 Å². The highest BCUT2D eigenvalue weighted by atomic mass is 31.3. The topological polar surface area (TPSA) is 260 Å². The number of rotatable bonds is 14. The number of nitrogens with zero attached hydrogens (tertiary/aromatic N) is 4. The van der Waals surface area contributed by atoms with E-state index in [9.17, 15) is 28.5 Å². The third-order valence-electron chi connectivity index (χ3n) is 6.55. The van der Waals surface area contributed by atoms with Crippen molar-refractivity contribution in [3.8, 4) is 0 Å². The Morgan fingerprint density at radius 2 is 1.84 bits per heavy atom. The summed E-state index contributed by atoms with van der Waals surface area (Å²) in [6.07, 6.45) is -2.64. The van der Waals surface area contributed by atoms with E-state index in [1.165, 1.54) is 17.2 Å². The van der Waals surface area contributed by atoms with Crippen LogP contribution in [0.4, 0.5) is 10.6 Å². The number of carbonyl (C=O) groups is 2. The highest BCUT2D eigenvalue weighted by Crippen LogP contribution is 2.55. The van der Waals surface area contributed by atoms with Crippen LogP contribution in [0.2, 0.25) is 0 Å². The number of fused-ring (bicyclic) bond motifs is 2. The Bertz CT molecular complexity index is 1610. The Kier molecular flexibility index (Phi) is 10.2. The van der Waals surface area contributed by atoms with Crippen molar-refractivity contribution in [3.63, 3.8) is 0 Å². The Labute approximate surface area is 255 Å². The highest BCUT2D eigenvalue weighted by molar-refractivity contribution is 7.62. The number of hydrogen-bond acceptors (Lipinski definition) is 15. The number of ether oxygens (including phenoxy) is 3. The van der Waals surface area contributed by atoms with Gasteiger partial charge in [-0.05, 0) is 12.5 Å². The Hall–Kier alpha value is -3.35. The maximum Gasteiger partial charge on any atom is 0.320 e. The van der Waals surface area contributed by atoms with Gasteiger partial charge in [-0.3, -0.25) is 28.9 Å². The molecule has 0 aliphatic carbocycles. The molecule has 0 spiro atoms. The molecular weight excluding hydrogens is 640 g/mol. The lowest BCUT2D eigenvalue weighted by molar-refractivity contribution is -0.234. The van der Waals surface area contributed by atoms with Crippen molar-refractivity contribution >= 4 is 44.4 Å². The van der Waals surface area contributed by atoms with Crippen molar-refractivity contribution in [2.75, 3.05) is 31.3 Å². The van der Waals surface area contributed by atoms with Crippen LogP contribution in [0.1, 0.15) is 18.7 Å². The molecule has 2 amide bonds. The van der Waals surface area contributed by atoms with Crippen LogP contribution in [0.3, 0.4) is 0 Å². The molecule has 19 nitrogen and oxygen atoms in total. The van der Waals surface area contributed by atoms with Gasteiger partial charge in [-0.2, -0.15) is 0 Å². The van der Waals surface area contributed by atoms with Gasteiger partial charge < -0.3 is 43.5 Å². The zero-order chi connectivity index (χ0) is 32.2. The summed E-state index contributed by atoms with van der Waals surface area (Å²) >= 11 is 0. The van der Waals surface area contributed by atoms with Crippen LogP contribution >= 0.6 is 15.4 Å². The highest BCUT2D eigenvalue weighted by Gasteiger charge is 2.54. The lowest BCUT2D eigenvalue weighted by atomic mass is 10.1. The Morgan fingerprint density at radius 3 is 2.58 bits per heavy atom. The molecule has 1 aromatic carbocycles. The summed E-state index contributed by atoms with van der Waals surface area (Å²) in [6.45, 7) is 0.685. The summed E-state index contributed by atoms with van der Waals surface area (Å²) in [5.41, 5.74) is 1.41. The fraction of sp³-hybridized carbons (Fsp3) is 0.458. The predicted molar refractivity (Wildman–Crippen MR) is 148 cm³/mol. The molecule has 2 fully saturated rings. The first-order chi connectivity index (χ1) is 21.4. The zero-order valence-corrected chi connectivity index (χ0v) is 25.4. The summed E-state index contributed by atoms with van der Waals surface area (Å²) in [4.78, 5) is 59.9. The number of carbonyl (C=O) groups excluding carboxylic acids is 1. The predicted octanol–water partition coefficient (Wildman–Crippen LogP) is -0.0954. The van der Waals surface area contributed by atoms with Gasteiger partial charge in [-0.15, -0.1) is 0 Å². The van der Waals surface area contributed by atoms with Crippen LogP contribution in [0.25, 0.3) is 11.2 Å². The van der Waals surface area contributed by atoms with Gasteiger partial charge in [0.25, 0.3) is 7.82 Å². The molecular formula is C24H29N7O12P2-2. The number of phosphoric acid groups is 1. The third kappa shape index (κ3) is 8.28. The van der Waals surface area contributed by atoms with Crippen LogP contribution in [0, 0.1) is 0 Å². The minimum Gasteiger partial charge on any atom is -0.777 e. The van der Waals surface area contributed by atoms with E-state index in [1.807, 2.05) is 35.6 Å². The largest absolute Gasteiger partial charge is 0.777 e. The number of aromatic nitrogens is 4. The first-order valence-corrected chi connectivity index (χ1v) is 16.8. The molecule has 4 heterocycles. The number of nitrogens with one attached hydrogen (secondary N) is 3. The summed E-state index contributed by atoms with van der Waals surface area (Å²) in [5, 5.41) is 15.9. The quantitative estimate of drug-likeness (QED) is 0.163. The number of carboxylic acids is 1. The number of aliphatic carboxylic acids is 1. The lowest BCUT2D eigenvalue weighted by Crippen LogP contribution is -2.32. The van der Waals surface area contributed by atoms with E-state index >= 15 is 0 Å². The summed E-state index contributed by atoms with van der Waals surface area (Å²) < 4.78 is 53.5. The molecule has 0 saturated carbocycles. The molecule has 4 N–H and O–H groups in total. The molecule has 5 unspecified atom stereocenters. The van der Waals surface area contributed by atoms with E-state index in [4.69, 9.17) is 23.8 Å². The standard InChI is InChI=1S/C24H31N7O12P2/c1-2-26-24(34)30-21-18-22(28-11-27-21)31(12-29-18)23-20-19(41-17(42-20)8-14-6-4-3-5-7-14)15(40-23)10-39-45(37,38)43-44(35,36)13-25-9-16(32)33/h3-7,11-12,15,17,19-20,23,25H,2,8-10,13H2,1H3,(H,32,33)(H,35,36)(H,37,38)(H2,26,27,28,30,34)/p-2/t15-,17?,19?,20?,23-/m1/s1. The fourth-order valence-corrected chi connectivity index (χ4v) is 7.13. The average molecular weight is 669 g/mol. The van der Waals surface area contributed by atoms with Crippen LogP contribution in [-0.2, 0) is 43.4 Å². The number of anilines is 1. The number of hydrogen-bond donors (Lipinski definition) is 4. The molecule has 3 aromatic rings. The number of amides is 2. The molecule has 7 atom stereocenters. The van der Waals surface area contributed by atoms with Crippen molar-refractivity contribution in [2.24, 2.45) is 0 Å². The average Bonchev–Trinajstić information content (AvgIpc) is 3.66. The Morgan fingerprint density at radius 1 is 1.09 bits per heavy atom. The number of carboxylic acid groups (broad SMARTS) is 1. The maximum absolute atomic E-state index is 12.4. The van der Waals surface area contributed by atoms with Gasteiger partial charge in [0.2, 0.25) is 0 Å². The molecule has 5 rings (SSSR count). The molecule has 21 heteroatoms. The molecule has 2 aliphatic rings. The second kappa shape index (κ2) is 14.0. The summed E-state index contributed by atoms with van der Waals surface area (Å²) in [6, 6.07) is 8.85. The number of benzene rings is 1. The second-order valence-corrected chi connectivity index (χ2v) is 13.2. The first-order valence-electron chi connectivity index (χ1n) is 13.6. The van der Waals surface area contributed by atoms with Crippen LogP contribution in [-0.4, -0.2) is 87.2 Å². The molecule has 45 heavy (non-hydrogen) atoms. The minimum atomic E-state index is -5.46. The van der Waals surface area contributed by atoms with Crippen LogP contribution in [0.5, 0.6) is 0 Å². The van der Waals surface area contributed by atoms with Crippen molar-refractivity contribution in [1.29, 1.82) is 0 Å². The van der Waals surface area contributed by atoms with E-state index in [-0.39, 0.29) is 17.0 Å². The molecule has 2 aromatic heterocycles. The van der Waals surface area contributed by atoms with Crippen LogP contribution in [0.15, 0.2) is 43.0 Å². The van der Waals surface area contributed by atoms with Crippen molar-refractivity contribution in [2.45, 2.75) is 44.2 Å². The SMILES string of the molecule is CCNC(=O)Nc1ncnc2c1ncn2[C@@H]1O[C@H](COP(=O)([O-])OP(=O)([O-])CNCC(=O)O)C2OC(Cc3ccccc3)OC21. The fourth-order valence-electron chi connectivity index (χ4n) is 4.77. The van der Waals surface area contributed by atoms with E-state index in [0.29, 0.717) is 13.0 Å². The van der Waals surface area contributed by atoms with Gasteiger partial charge >= 0.3 is 12.0 Å². The first kappa shape index (κ1) is 33.0. The zero-order valence-electron chi connectivity index (χ0n) is 23.6. The van der Waals surface area contributed by atoms with Gasteiger partial charge in [0, 0.05) is 13.0 Å². The maximum atomic E-state index is 12.4. The van der Waals surface area contributed by atoms with Gasteiger partial charge in [-0.1, -0.05) is 30.3 Å². The van der Waals surface area contributed by atoms with Crippen molar-refractivity contribution in [3.05, 3.63) is 48.5 Å². The van der Waals surface area contributed by atoms with Crippen molar-refractivity contribution in [1.82, 2.24) is 30.2 Å². The van der Waals surface area contributed by atoms with Crippen LogP contribution < -0.4 is 25.7 Å². The molecule has 0 bridgehead atoms. The Balaban J connectivity index is 1.34. The molecule has 2 aliphatic heterocycles. The number of phosphoric ester groups is 1. The van der Waals surface area contributed by atoms with Crippen molar-refractivity contribution < 1.29 is 56.7 Å². The van der Waals surface area contributed by atoms with E-state index in [1.54, 1.807) is 6.92 Å². The molecule has 244 valence electrons. The van der Waals surface area contributed by atoms with E-state index < -0.39 is 77.7 Å². The molecule has 2 saturated heterocycles.